The molecule has 194 valence electrons. The number of H-pyrrole nitrogens is 1. The summed E-state index contributed by atoms with van der Waals surface area (Å²) in [6.45, 7) is 1.56. The molecule has 0 bridgehead atoms. The van der Waals surface area contributed by atoms with E-state index < -0.39 is 47.9 Å². The third kappa shape index (κ3) is 7.20. The number of aliphatic carboxylic acids is 3. The second kappa shape index (κ2) is 11.6. The maximum Gasteiger partial charge on any atom is 0.326 e. The number of nitrogens with one attached hydrogen (secondary N) is 4. The van der Waals surface area contributed by atoms with Crippen molar-refractivity contribution in [3.05, 3.63) is 52.1 Å². The van der Waals surface area contributed by atoms with Crippen molar-refractivity contribution < 1.29 is 34.5 Å². The van der Waals surface area contributed by atoms with Gasteiger partial charge in [-0.1, -0.05) is 0 Å². The normalized spacial score (nSPS) is 12.4. The predicted molar refractivity (Wildman–Crippen MR) is 128 cm³/mol. The zero-order valence-electron chi connectivity index (χ0n) is 19.4. The second-order valence-electron chi connectivity index (χ2n) is 7.88. The van der Waals surface area contributed by atoms with Gasteiger partial charge in [-0.3, -0.25) is 24.2 Å². The van der Waals surface area contributed by atoms with Crippen LogP contribution >= 0.6 is 0 Å². The van der Waals surface area contributed by atoms with Crippen LogP contribution < -0.4 is 21.5 Å². The summed E-state index contributed by atoms with van der Waals surface area (Å²) in [6.07, 6.45) is 0.749. The number of nitrogens with zero attached hydrogens (tertiary/aromatic N) is 3. The molecule has 2 aromatic heterocycles. The lowest BCUT2D eigenvalue weighted by molar-refractivity contribution is -0.141. The average Bonchev–Trinajstić information content (AvgIpc) is 2.85. The number of carbonyl (C=O) groups is 4. The minimum atomic E-state index is -1.34. The average molecular weight is 513 g/mol. The van der Waals surface area contributed by atoms with E-state index in [1.165, 1.54) is 25.3 Å². The van der Waals surface area contributed by atoms with Crippen LogP contribution in [0.25, 0.3) is 11.2 Å². The van der Waals surface area contributed by atoms with E-state index in [0.29, 0.717) is 11.4 Å². The highest BCUT2D eigenvalue weighted by atomic mass is 16.4. The van der Waals surface area contributed by atoms with Crippen molar-refractivity contribution in [2.45, 2.75) is 38.4 Å². The molecular weight excluding hydrogens is 490 g/mol. The Labute approximate surface area is 208 Å². The number of anilines is 2. The van der Waals surface area contributed by atoms with Gasteiger partial charge in [-0.25, -0.2) is 14.8 Å². The standard InChI is InChI=1S/C22H23N7O8/c1-10(20(34)35)25-22-28-17-16(19(33)29-22)26-13(9-24-17)8-23-12-4-2-11(3-5-12)18(32)27-14(21(36)37)6-7-15(30)31/h2-5,9-10,14,23H,6-8H2,1H3,(H,27,32)(H,30,31)(H,34,35)(H,36,37)(H2,24,25,28,29,33). The molecule has 0 radical (unpaired) electrons. The maximum atomic E-state index is 12.4. The number of carboxylic acids is 3. The summed E-state index contributed by atoms with van der Waals surface area (Å²) in [5, 5.41) is 34.8. The molecule has 0 saturated carbocycles. The molecule has 0 aliphatic carbocycles. The topological polar surface area (TPSA) is 237 Å². The van der Waals surface area contributed by atoms with Crippen molar-refractivity contribution in [2.75, 3.05) is 10.6 Å². The molecule has 3 rings (SSSR count). The molecule has 0 saturated heterocycles. The number of amides is 1. The van der Waals surface area contributed by atoms with E-state index in [1.54, 1.807) is 12.1 Å². The summed E-state index contributed by atoms with van der Waals surface area (Å²) in [4.78, 5) is 72.4. The van der Waals surface area contributed by atoms with Gasteiger partial charge in [0.15, 0.2) is 11.2 Å². The van der Waals surface area contributed by atoms with Crippen molar-refractivity contribution in [1.82, 2.24) is 25.3 Å². The van der Waals surface area contributed by atoms with E-state index in [1.807, 2.05) is 0 Å². The Kier molecular flexibility index (Phi) is 8.29. The quantitative estimate of drug-likeness (QED) is 0.172. The Hall–Kier alpha value is -5.08. The van der Waals surface area contributed by atoms with Crippen LogP contribution in [0.4, 0.5) is 11.6 Å². The highest BCUT2D eigenvalue weighted by molar-refractivity contribution is 5.97. The van der Waals surface area contributed by atoms with Crippen LogP contribution in [0.2, 0.25) is 0 Å². The lowest BCUT2D eigenvalue weighted by atomic mass is 10.1. The molecule has 2 unspecified atom stereocenters. The van der Waals surface area contributed by atoms with Gasteiger partial charge in [0, 0.05) is 17.7 Å². The molecule has 37 heavy (non-hydrogen) atoms. The van der Waals surface area contributed by atoms with Gasteiger partial charge in [-0.15, -0.1) is 0 Å². The van der Waals surface area contributed by atoms with Crippen molar-refractivity contribution >= 4 is 46.6 Å². The molecule has 0 spiro atoms. The van der Waals surface area contributed by atoms with Crippen molar-refractivity contribution in [3.63, 3.8) is 0 Å². The van der Waals surface area contributed by atoms with Gasteiger partial charge in [0.25, 0.3) is 11.5 Å². The molecular formula is C22H23N7O8. The summed E-state index contributed by atoms with van der Waals surface area (Å²) in [5.41, 5.74) is 0.578. The van der Waals surface area contributed by atoms with Gasteiger partial charge in [0.1, 0.15) is 12.1 Å². The van der Waals surface area contributed by atoms with Crippen molar-refractivity contribution in [1.29, 1.82) is 0 Å². The van der Waals surface area contributed by atoms with Gasteiger partial charge >= 0.3 is 17.9 Å². The summed E-state index contributed by atoms with van der Waals surface area (Å²) >= 11 is 0. The van der Waals surface area contributed by atoms with Crippen molar-refractivity contribution in [2.24, 2.45) is 0 Å². The summed E-state index contributed by atoms with van der Waals surface area (Å²) in [6, 6.07) is 3.75. The molecule has 0 aliphatic heterocycles. The lowest BCUT2D eigenvalue weighted by Gasteiger charge is -2.14. The molecule has 15 heteroatoms. The Morgan fingerprint density at radius 3 is 2.35 bits per heavy atom. The summed E-state index contributed by atoms with van der Waals surface area (Å²) in [5.74, 6) is -4.33. The first-order valence-electron chi connectivity index (χ1n) is 10.9. The number of rotatable bonds is 12. The van der Waals surface area contributed by atoms with Crippen molar-refractivity contribution in [3.8, 4) is 0 Å². The first kappa shape index (κ1) is 26.5. The van der Waals surface area contributed by atoms with Crippen LogP contribution in [-0.4, -0.2) is 71.2 Å². The minimum absolute atomic E-state index is 0.0317. The number of carbonyl (C=O) groups excluding carboxylic acids is 1. The van der Waals surface area contributed by atoms with Gasteiger partial charge in [0.05, 0.1) is 18.4 Å². The van der Waals surface area contributed by atoms with Crippen LogP contribution in [0.15, 0.2) is 35.3 Å². The highest BCUT2D eigenvalue weighted by Gasteiger charge is 2.21. The zero-order chi connectivity index (χ0) is 27.1. The predicted octanol–water partition coefficient (Wildman–Crippen LogP) is 0.258. The monoisotopic (exact) mass is 513 g/mol. The Morgan fingerprint density at radius 1 is 1.03 bits per heavy atom. The van der Waals surface area contributed by atoms with E-state index in [0.717, 1.165) is 0 Å². The fourth-order valence-electron chi connectivity index (χ4n) is 3.07. The molecule has 0 aliphatic rings. The third-order valence-corrected chi connectivity index (χ3v) is 5.06. The molecule has 2 heterocycles. The highest BCUT2D eigenvalue weighted by Crippen LogP contribution is 2.13. The van der Waals surface area contributed by atoms with E-state index in [-0.39, 0.29) is 35.6 Å². The first-order valence-corrected chi connectivity index (χ1v) is 10.9. The van der Waals surface area contributed by atoms with Gasteiger partial charge in [-0.05, 0) is 37.6 Å². The van der Waals surface area contributed by atoms with E-state index >= 15 is 0 Å². The molecule has 2 atom stereocenters. The molecule has 1 amide bonds. The van der Waals surface area contributed by atoms with E-state index in [4.69, 9.17) is 10.2 Å². The first-order chi connectivity index (χ1) is 17.5. The minimum Gasteiger partial charge on any atom is -0.481 e. The number of hydrogen-bond donors (Lipinski definition) is 7. The second-order valence-corrected chi connectivity index (χ2v) is 7.88. The van der Waals surface area contributed by atoms with Crippen LogP contribution in [0, 0.1) is 0 Å². The maximum absolute atomic E-state index is 12.4. The van der Waals surface area contributed by atoms with Crippen LogP contribution in [0.1, 0.15) is 35.8 Å². The van der Waals surface area contributed by atoms with Gasteiger partial charge in [-0.2, -0.15) is 4.98 Å². The Bertz CT molecular complexity index is 1390. The number of benzene rings is 1. The number of hydrogen-bond acceptors (Lipinski definition) is 10. The fraction of sp³-hybridized carbons (Fsp3) is 0.273. The summed E-state index contributed by atoms with van der Waals surface area (Å²) < 4.78 is 0. The van der Waals surface area contributed by atoms with Crippen LogP contribution in [0.5, 0.6) is 0 Å². The van der Waals surface area contributed by atoms with Crippen LogP contribution in [-0.2, 0) is 20.9 Å². The van der Waals surface area contributed by atoms with Gasteiger partial charge in [0.2, 0.25) is 5.95 Å². The molecule has 1 aromatic carbocycles. The zero-order valence-corrected chi connectivity index (χ0v) is 19.4. The largest absolute Gasteiger partial charge is 0.481 e. The number of aromatic nitrogens is 4. The molecule has 7 N–H and O–H groups in total. The smallest absolute Gasteiger partial charge is 0.326 e. The molecule has 3 aromatic rings. The summed E-state index contributed by atoms with van der Waals surface area (Å²) in [7, 11) is 0. The molecule has 0 fully saturated rings. The lowest BCUT2D eigenvalue weighted by Crippen LogP contribution is -2.41. The Balaban J connectivity index is 1.63. The Morgan fingerprint density at radius 2 is 1.73 bits per heavy atom. The number of fused-ring (bicyclic) bond motifs is 1. The van der Waals surface area contributed by atoms with Gasteiger partial charge < -0.3 is 31.3 Å². The number of aromatic amines is 1. The van der Waals surface area contributed by atoms with E-state index in [2.05, 4.69) is 35.9 Å². The fourth-order valence-corrected chi connectivity index (χ4v) is 3.07. The van der Waals surface area contributed by atoms with E-state index in [9.17, 15) is 29.1 Å². The molecule has 15 nitrogen and oxygen atoms in total. The SMILES string of the molecule is CC(Nc1nc2ncc(CNc3ccc(C(=O)NC(CCC(=O)O)C(=O)O)cc3)nc2c(=O)[nH]1)C(=O)O. The number of carboxylic acid groups (broad SMARTS) is 3. The van der Waals surface area contributed by atoms with Crippen LogP contribution in [0.3, 0.4) is 0 Å². The third-order valence-electron chi connectivity index (χ3n) is 5.06.